The summed E-state index contributed by atoms with van der Waals surface area (Å²) in [5.41, 5.74) is 0. The molecule has 0 aromatic heterocycles. The van der Waals surface area contributed by atoms with Crippen LogP contribution in [0.2, 0.25) is 0 Å². The van der Waals surface area contributed by atoms with Crippen LogP contribution in [0.5, 0.6) is 0 Å². The zero-order valence-corrected chi connectivity index (χ0v) is 16.8. The largest absolute Gasteiger partial charge is 0.466 e. The molecule has 1 atom stereocenters. The highest BCUT2D eigenvalue weighted by Crippen LogP contribution is 2.12. The van der Waals surface area contributed by atoms with Crippen molar-refractivity contribution in [2.24, 2.45) is 0 Å². The highest BCUT2D eigenvalue weighted by molar-refractivity contribution is 9.09. The van der Waals surface area contributed by atoms with Gasteiger partial charge in [-0.1, -0.05) is 67.8 Å². The number of carbonyl (C=O) groups excluding carboxylic acids is 3. The quantitative estimate of drug-likeness (QED) is 0.300. The maximum Gasteiger partial charge on any atom is 0.308 e. The Labute approximate surface area is 159 Å². The molecular weight excluding hydrogens is 388 g/mol. The van der Waals surface area contributed by atoms with Gasteiger partial charge in [-0.25, -0.2) is 0 Å². The molecule has 1 N–H and O–H groups in total. The van der Waals surface area contributed by atoms with Crippen LogP contribution in [0.15, 0.2) is 0 Å². The van der Waals surface area contributed by atoms with Crippen LogP contribution in [-0.2, 0) is 19.1 Å². The van der Waals surface area contributed by atoms with Gasteiger partial charge in [-0.05, 0) is 6.42 Å². The molecule has 25 heavy (non-hydrogen) atoms. The lowest BCUT2D eigenvalue weighted by Crippen LogP contribution is -2.58. The molecular formula is C18H31BrN2O4. The third kappa shape index (κ3) is 8.70. The molecule has 7 heteroatoms. The maximum absolute atomic E-state index is 12.0. The number of nitrogens with zero attached hydrogens (tertiary/aromatic N) is 1. The fourth-order valence-corrected chi connectivity index (χ4v) is 3.25. The monoisotopic (exact) mass is 418 g/mol. The zero-order chi connectivity index (χ0) is 18.5. The number of nitrogens with one attached hydrogen (secondary N) is 1. The molecule has 1 heterocycles. The third-order valence-electron chi connectivity index (χ3n) is 4.39. The van der Waals surface area contributed by atoms with E-state index in [0.29, 0.717) is 19.7 Å². The minimum absolute atomic E-state index is 0.0818. The molecule has 0 aromatic rings. The van der Waals surface area contributed by atoms with Crippen LogP contribution in [0.3, 0.4) is 0 Å². The Morgan fingerprint density at radius 3 is 2.44 bits per heavy atom. The molecule has 1 aliphatic heterocycles. The summed E-state index contributed by atoms with van der Waals surface area (Å²) >= 11 is 3.11. The normalized spacial score (nSPS) is 17.3. The summed E-state index contributed by atoms with van der Waals surface area (Å²) in [6, 6.07) is -0.759. The second-order valence-electron chi connectivity index (χ2n) is 6.43. The van der Waals surface area contributed by atoms with Crippen LogP contribution in [0, 0.1) is 0 Å². The second kappa shape index (κ2) is 13.1. The molecule has 1 saturated heterocycles. The van der Waals surface area contributed by atoms with Crippen molar-refractivity contribution in [3.63, 3.8) is 0 Å². The predicted molar refractivity (Wildman–Crippen MR) is 100 cm³/mol. The van der Waals surface area contributed by atoms with Gasteiger partial charge in [0.1, 0.15) is 6.04 Å². The minimum Gasteiger partial charge on any atom is -0.466 e. The van der Waals surface area contributed by atoms with E-state index in [2.05, 4.69) is 28.2 Å². The Balaban J connectivity index is 2.19. The van der Waals surface area contributed by atoms with E-state index in [1.165, 1.54) is 43.4 Å². The van der Waals surface area contributed by atoms with E-state index in [1.807, 2.05) is 0 Å². The topological polar surface area (TPSA) is 75.7 Å². The fourth-order valence-electron chi connectivity index (χ4n) is 2.93. The van der Waals surface area contributed by atoms with E-state index in [4.69, 9.17) is 4.74 Å². The molecule has 1 unspecified atom stereocenters. The molecule has 144 valence electrons. The number of ether oxygens (including phenoxy) is 1. The number of rotatable bonds is 12. The first-order valence-corrected chi connectivity index (χ1v) is 10.5. The third-order valence-corrected chi connectivity index (χ3v) is 4.87. The number of alkyl halides is 1. The van der Waals surface area contributed by atoms with Gasteiger partial charge in [-0.15, -0.1) is 0 Å². The average molecular weight is 419 g/mol. The molecule has 1 aliphatic rings. The molecule has 0 bridgehead atoms. The predicted octanol–water partition coefficient (Wildman–Crippen LogP) is 2.78. The Hall–Kier alpha value is -1.11. The van der Waals surface area contributed by atoms with Crippen LogP contribution in [0.4, 0.5) is 0 Å². The van der Waals surface area contributed by atoms with E-state index in [0.717, 1.165) is 12.8 Å². The molecule has 1 fully saturated rings. The van der Waals surface area contributed by atoms with Crippen molar-refractivity contribution >= 4 is 33.7 Å². The number of halogens is 1. The van der Waals surface area contributed by atoms with Gasteiger partial charge in [0.2, 0.25) is 11.8 Å². The highest BCUT2D eigenvalue weighted by Gasteiger charge is 2.34. The smallest absolute Gasteiger partial charge is 0.308 e. The van der Waals surface area contributed by atoms with Crippen molar-refractivity contribution in [1.29, 1.82) is 0 Å². The van der Waals surface area contributed by atoms with Crippen molar-refractivity contribution in [3.8, 4) is 0 Å². The Morgan fingerprint density at radius 2 is 1.80 bits per heavy atom. The van der Waals surface area contributed by atoms with Crippen LogP contribution < -0.4 is 5.32 Å². The molecule has 0 aliphatic carbocycles. The summed E-state index contributed by atoms with van der Waals surface area (Å²) in [5, 5.41) is 2.84. The van der Waals surface area contributed by atoms with Crippen molar-refractivity contribution in [2.45, 2.75) is 70.8 Å². The van der Waals surface area contributed by atoms with Gasteiger partial charge in [0.15, 0.2) is 0 Å². The second-order valence-corrected chi connectivity index (χ2v) is 6.99. The maximum atomic E-state index is 12.0. The molecule has 0 aromatic carbocycles. The number of hydrogen-bond acceptors (Lipinski definition) is 4. The molecule has 2 amide bonds. The van der Waals surface area contributed by atoms with Gasteiger partial charge >= 0.3 is 5.97 Å². The Bertz CT molecular complexity index is 431. The van der Waals surface area contributed by atoms with Gasteiger partial charge in [-0.2, -0.15) is 0 Å². The van der Waals surface area contributed by atoms with Gasteiger partial charge in [0.25, 0.3) is 0 Å². The van der Waals surface area contributed by atoms with Gasteiger partial charge in [0.05, 0.1) is 18.4 Å². The first kappa shape index (κ1) is 21.9. The lowest BCUT2D eigenvalue weighted by molar-refractivity contribution is -0.151. The van der Waals surface area contributed by atoms with E-state index in [-0.39, 0.29) is 23.6 Å². The van der Waals surface area contributed by atoms with Gasteiger partial charge < -0.3 is 15.0 Å². The number of amides is 2. The summed E-state index contributed by atoms with van der Waals surface area (Å²) in [5.74, 6) is -0.891. The summed E-state index contributed by atoms with van der Waals surface area (Å²) in [6.45, 7) is 3.43. The molecule has 6 nitrogen and oxygen atoms in total. The molecule has 0 saturated carbocycles. The molecule has 1 rings (SSSR count). The van der Waals surface area contributed by atoms with Gasteiger partial charge in [0, 0.05) is 13.1 Å². The lowest BCUT2D eigenvalue weighted by Gasteiger charge is -2.34. The summed E-state index contributed by atoms with van der Waals surface area (Å²) in [4.78, 5) is 37.3. The van der Waals surface area contributed by atoms with Crippen molar-refractivity contribution in [3.05, 3.63) is 0 Å². The minimum atomic E-state index is -0.759. The molecule has 0 spiro atoms. The number of unbranched alkanes of at least 4 members (excludes halogenated alkanes) is 7. The molecule has 0 radical (unpaired) electrons. The Kier molecular flexibility index (Phi) is 11.5. The average Bonchev–Trinajstić information content (AvgIpc) is 2.61. The number of piperazine rings is 1. The van der Waals surface area contributed by atoms with Crippen molar-refractivity contribution in [2.75, 3.05) is 25.0 Å². The van der Waals surface area contributed by atoms with Crippen LogP contribution in [0.1, 0.15) is 64.7 Å². The Morgan fingerprint density at radius 1 is 1.16 bits per heavy atom. The summed E-state index contributed by atoms with van der Waals surface area (Å²) in [6.07, 6.45) is 9.37. The van der Waals surface area contributed by atoms with Crippen LogP contribution >= 0.6 is 15.9 Å². The first-order chi connectivity index (χ1) is 12.1. The van der Waals surface area contributed by atoms with Gasteiger partial charge in [-0.3, -0.25) is 14.4 Å². The lowest BCUT2D eigenvalue weighted by atomic mass is 10.1. The highest BCUT2D eigenvalue weighted by atomic mass is 79.9. The standard InChI is InChI=1S/C18H31BrN2O4/c1-2-3-4-5-6-7-8-9-12-25-17(23)13-15-18(24)20-10-11-21(15)16(22)14-19/h15H,2-14H2,1H3,(H,20,24). The first-order valence-electron chi connectivity index (χ1n) is 9.39. The van der Waals surface area contributed by atoms with Crippen LogP contribution in [0.25, 0.3) is 0 Å². The summed E-state index contributed by atoms with van der Waals surface area (Å²) in [7, 11) is 0. The SMILES string of the molecule is CCCCCCCCCCOC(=O)CC1C(=O)NCCN1C(=O)CBr. The van der Waals surface area contributed by atoms with E-state index in [1.54, 1.807) is 0 Å². The number of esters is 1. The number of hydrogen-bond donors (Lipinski definition) is 1. The van der Waals surface area contributed by atoms with Crippen molar-refractivity contribution < 1.29 is 19.1 Å². The fraction of sp³-hybridized carbons (Fsp3) is 0.833. The van der Waals surface area contributed by atoms with E-state index in [9.17, 15) is 14.4 Å². The number of carbonyl (C=O) groups is 3. The van der Waals surface area contributed by atoms with E-state index < -0.39 is 12.0 Å². The summed E-state index contributed by atoms with van der Waals surface area (Å²) < 4.78 is 5.23. The van der Waals surface area contributed by atoms with Crippen molar-refractivity contribution in [1.82, 2.24) is 10.2 Å². The van der Waals surface area contributed by atoms with E-state index >= 15 is 0 Å². The van der Waals surface area contributed by atoms with Crippen LogP contribution in [-0.4, -0.2) is 53.8 Å². The zero-order valence-electron chi connectivity index (χ0n) is 15.2.